The van der Waals surface area contributed by atoms with Crippen LogP contribution in [0.1, 0.15) is 11.4 Å². The highest BCUT2D eigenvalue weighted by Gasteiger charge is 2.14. The summed E-state index contributed by atoms with van der Waals surface area (Å²) in [5.41, 5.74) is 2.56. The zero-order valence-corrected chi connectivity index (χ0v) is 13.0. The van der Waals surface area contributed by atoms with E-state index in [0.29, 0.717) is 5.82 Å². The quantitative estimate of drug-likeness (QED) is 0.588. The molecule has 0 aliphatic carbocycles. The topological polar surface area (TPSA) is 85.9 Å². The van der Waals surface area contributed by atoms with Crippen LogP contribution < -0.4 is 4.68 Å². The van der Waals surface area contributed by atoms with Crippen LogP contribution >= 0.6 is 0 Å². The summed E-state index contributed by atoms with van der Waals surface area (Å²) in [5, 5.41) is 4.17. The number of aromatic nitrogens is 4. The summed E-state index contributed by atoms with van der Waals surface area (Å²) < 4.78 is 28.4. The fourth-order valence-corrected chi connectivity index (χ4v) is 2.37. The van der Waals surface area contributed by atoms with Crippen molar-refractivity contribution in [3.05, 3.63) is 35.9 Å². The highest BCUT2D eigenvalue weighted by Crippen LogP contribution is 2.12. The van der Waals surface area contributed by atoms with Crippen LogP contribution in [0, 0.1) is 13.8 Å². The number of rotatable bonds is 5. The van der Waals surface area contributed by atoms with Crippen molar-refractivity contribution in [2.45, 2.75) is 20.4 Å². The molecule has 0 spiro atoms. The number of hydrogen-bond acceptors (Lipinski definition) is 6. The van der Waals surface area contributed by atoms with Gasteiger partial charge in [-0.3, -0.25) is 4.18 Å². The smallest absolute Gasteiger partial charge is 0.273 e. The highest BCUT2D eigenvalue weighted by atomic mass is 32.2. The summed E-state index contributed by atoms with van der Waals surface area (Å²) in [6.45, 7) is 4.04. The van der Waals surface area contributed by atoms with Crippen molar-refractivity contribution in [1.82, 2.24) is 15.1 Å². The van der Waals surface area contributed by atoms with Crippen molar-refractivity contribution in [3.63, 3.8) is 0 Å². The van der Waals surface area contributed by atoms with Gasteiger partial charge in [-0.15, -0.1) is 0 Å². The second-order valence-corrected chi connectivity index (χ2v) is 6.44. The van der Waals surface area contributed by atoms with E-state index in [2.05, 4.69) is 19.2 Å². The second-order valence-electron chi connectivity index (χ2n) is 4.58. The van der Waals surface area contributed by atoms with Gasteiger partial charge in [0.15, 0.2) is 18.6 Å². The zero-order chi connectivity index (χ0) is 15.5. The van der Waals surface area contributed by atoms with Gasteiger partial charge in [-0.1, -0.05) is 4.68 Å². The van der Waals surface area contributed by atoms with Gasteiger partial charge in [-0.25, -0.2) is 9.97 Å². The van der Waals surface area contributed by atoms with Crippen LogP contribution in [-0.2, 0) is 20.8 Å². The van der Waals surface area contributed by atoms with Crippen LogP contribution in [0.3, 0.4) is 0 Å². The molecule has 8 heteroatoms. The maximum absolute atomic E-state index is 11.3. The number of nitrogens with zero attached hydrogens (tertiary/aromatic N) is 4. The average molecular weight is 309 g/mol. The Morgan fingerprint density at radius 3 is 2.43 bits per heavy atom. The van der Waals surface area contributed by atoms with Crippen molar-refractivity contribution >= 4 is 10.1 Å². The van der Waals surface area contributed by atoms with Gasteiger partial charge in [-0.2, -0.15) is 8.42 Å². The van der Waals surface area contributed by atoms with E-state index in [9.17, 15) is 8.42 Å². The Balaban J connectivity index is 2.15. The van der Waals surface area contributed by atoms with E-state index in [4.69, 9.17) is 0 Å². The first-order chi connectivity index (χ1) is 9.89. The molecule has 0 aliphatic rings. The fraction of sp³-hybridized carbons (Fsp3) is 0.385. The molecule has 0 radical (unpaired) electrons. The molecule has 2 heterocycles. The summed E-state index contributed by atoms with van der Waals surface area (Å²) in [5.74, 6) is 0.484. The van der Waals surface area contributed by atoms with Crippen molar-refractivity contribution in [2.24, 2.45) is 0 Å². The average Bonchev–Trinajstić information content (AvgIpc) is 2.45. The first kappa shape index (κ1) is 15.5. The van der Waals surface area contributed by atoms with Crippen LogP contribution in [-0.4, -0.2) is 36.3 Å². The van der Waals surface area contributed by atoms with Crippen LogP contribution in [0.5, 0.6) is 0 Å². The lowest BCUT2D eigenvalue weighted by atomic mass is 10.2. The molecule has 0 saturated heterocycles. The predicted molar refractivity (Wildman–Crippen MR) is 75.7 cm³/mol. The number of aryl methyl sites for hydroxylation is 3. The van der Waals surface area contributed by atoms with Crippen LogP contribution in [0.2, 0.25) is 0 Å². The maximum atomic E-state index is 11.3. The Labute approximate surface area is 123 Å². The lowest BCUT2D eigenvalue weighted by Gasteiger charge is -2.02. The summed E-state index contributed by atoms with van der Waals surface area (Å²) in [6.07, 6.45) is 3.31. The van der Waals surface area contributed by atoms with Gasteiger partial charge in [-0.05, 0) is 25.0 Å². The van der Waals surface area contributed by atoms with Crippen LogP contribution in [0.15, 0.2) is 24.5 Å². The van der Waals surface area contributed by atoms with E-state index in [0.717, 1.165) is 24.1 Å². The van der Waals surface area contributed by atoms with E-state index in [-0.39, 0.29) is 12.3 Å². The van der Waals surface area contributed by atoms with Crippen molar-refractivity contribution in [3.8, 4) is 11.4 Å². The molecule has 2 aromatic heterocycles. The molecule has 0 saturated carbocycles. The minimum absolute atomic E-state index is 0.124. The Morgan fingerprint density at radius 1 is 1.24 bits per heavy atom. The van der Waals surface area contributed by atoms with E-state index in [1.807, 2.05) is 19.9 Å². The first-order valence-electron chi connectivity index (χ1n) is 6.36. The van der Waals surface area contributed by atoms with Gasteiger partial charge in [0, 0.05) is 23.0 Å². The van der Waals surface area contributed by atoms with E-state index in [1.54, 1.807) is 18.5 Å². The molecule has 0 fully saturated rings. The van der Waals surface area contributed by atoms with Crippen LogP contribution in [0.4, 0.5) is 0 Å². The minimum Gasteiger partial charge on any atom is -0.273 e. The second kappa shape index (κ2) is 6.23. The highest BCUT2D eigenvalue weighted by molar-refractivity contribution is 7.86. The summed E-state index contributed by atoms with van der Waals surface area (Å²) in [6, 6.07) is 3.70. The Kier molecular flexibility index (Phi) is 4.59. The third kappa shape index (κ3) is 4.27. The molecule has 0 atom stereocenters. The lowest BCUT2D eigenvalue weighted by molar-refractivity contribution is -0.750. The zero-order valence-electron chi connectivity index (χ0n) is 12.1. The van der Waals surface area contributed by atoms with E-state index < -0.39 is 10.1 Å². The molecule has 7 nitrogen and oxygen atoms in total. The summed E-state index contributed by atoms with van der Waals surface area (Å²) >= 11 is 0. The monoisotopic (exact) mass is 309 g/mol. The Hall–Kier alpha value is -1.93. The number of hydrogen-bond donors (Lipinski definition) is 0. The molecule has 0 N–H and O–H groups in total. The van der Waals surface area contributed by atoms with Crippen molar-refractivity contribution in [1.29, 1.82) is 0 Å². The van der Waals surface area contributed by atoms with Gasteiger partial charge < -0.3 is 0 Å². The van der Waals surface area contributed by atoms with Gasteiger partial charge in [0.05, 0.1) is 7.11 Å². The van der Waals surface area contributed by atoms with Crippen molar-refractivity contribution < 1.29 is 17.3 Å². The molecule has 0 aliphatic heterocycles. The minimum atomic E-state index is -3.48. The molecular formula is C13H17N4O3S+. The van der Waals surface area contributed by atoms with E-state index >= 15 is 0 Å². The Morgan fingerprint density at radius 2 is 1.90 bits per heavy atom. The Bertz CT molecular complexity index is 709. The molecule has 2 rings (SSSR count). The van der Waals surface area contributed by atoms with E-state index in [1.165, 1.54) is 4.68 Å². The molecule has 112 valence electrons. The lowest BCUT2D eigenvalue weighted by Crippen LogP contribution is -2.40. The van der Waals surface area contributed by atoms with Crippen LogP contribution in [0.25, 0.3) is 11.4 Å². The predicted octanol–water partition coefficient (Wildman–Crippen LogP) is 0.419. The van der Waals surface area contributed by atoms with Gasteiger partial charge in [0.2, 0.25) is 0 Å². The maximum Gasteiger partial charge on any atom is 0.273 e. The third-order valence-electron chi connectivity index (χ3n) is 2.84. The third-order valence-corrected chi connectivity index (χ3v) is 4.03. The van der Waals surface area contributed by atoms with Gasteiger partial charge in [0.1, 0.15) is 11.9 Å². The normalized spacial score (nSPS) is 11.6. The molecule has 0 aromatic carbocycles. The fourth-order valence-electron chi connectivity index (χ4n) is 1.79. The molecule has 21 heavy (non-hydrogen) atoms. The molecule has 2 aromatic rings. The SMILES string of the molecule is COS(=O)(=O)CC[n+]1ccc(-c2nc(C)cc(C)n2)cn1. The van der Waals surface area contributed by atoms with Gasteiger partial charge in [0.25, 0.3) is 10.1 Å². The first-order valence-corrected chi connectivity index (χ1v) is 7.94. The molecule has 0 amide bonds. The largest absolute Gasteiger partial charge is 0.273 e. The standard InChI is InChI=1S/C13H17N4O3S/c1-10-8-11(2)16-13(15-10)12-4-5-17(14-9-12)6-7-21(18,19)20-3/h4-5,8-9H,6-7H2,1-3H3/q+1. The molecular weight excluding hydrogens is 292 g/mol. The molecule has 0 bridgehead atoms. The summed E-state index contributed by atoms with van der Waals surface area (Å²) in [4.78, 5) is 8.71. The molecule has 0 unspecified atom stereocenters. The van der Waals surface area contributed by atoms with Gasteiger partial charge >= 0.3 is 0 Å². The van der Waals surface area contributed by atoms with Crippen molar-refractivity contribution in [2.75, 3.05) is 12.9 Å². The summed E-state index contributed by atoms with van der Waals surface area (Å²) in [7, 11) is -2.33.